The number of halogens is 2. The molecule has 0 bridgehead atoms. The Morgan fingerprint density at radius 2 is 1.59 bits per heavy atom. The van der Waals surface area contributed by atoms with Gasteiger partial charge in [0.05, 0.1) is 11.3 Å². The number of amides is 1. The first-order valence-electron chi connectivity index (χ1n) is 12.5. The van der Waals surface area contributed by atoms with Crippen LogP contribution in [0.4, 0.5) is 19.3 Å². The van der Waals surface area contributed by atoms with Crippen LogP contribution in [0.5, 0.6) is 0 Å². The number of hydrogen-bond acceptors (Lipinski definition) is 5. The summed E-state index contributed by atoms with van der Waals surface area (Å²) in [7, 11) is 0. The van der Waals surface area contributed by atoms with Crippen LogP contribution in [0.15, 0.2) is 53.3 Å². The van der Waals surface area contributed by atoms with E-state index in [0.29, 0.717) is 27.9 Å². The van der Waals surface area contributed by atoms with Gasteiger partial charge in [-0.25, -0.2) is 23.2 Å². The Hall–Kier alpha value is -4.61. The molecule has 2 aromatic heterocycles. The number of nitrogens with zero attached hydrogens (tertiary/aromatic N) is 6. The van der Waals surface area contributed by atoms with E-state index in [-0.39, 0.29) is 17.3 Å². The molecule has 2 heterocycles. The molecule has 12 heteroatoms. The van der Waals surface area contributed by atoms with Crippen LogP contribution < -0.4 is 10.6 Å². The summed E-state index contributed by atoms with van der Waals surface area (Å²) >= 11 is 0. The van der Waals surface area contributed by atoms with Crippen molar-refractivity contribution in [2.45, 2.75) is 52.0 Å². The fourth-order valence-corrected chi connectivity index (χ4v) is 5.21. The summed E-state index contributed by atoms with van der Waals surface area (Å²) in [6, 6.07) is 10.2. The van der Waals surface area contributed by atoms with E-state index in [4.69, 9.17) is 0 Å². The number of para-hydroxylation sites is 1. The minimum absolute atomic E-state index is 0.0343. The molecule has 4 aromatic rings. The van der Waals surface area contributed by atoms with Crippen molar-refractivity contribution in [3.63, 3.8) is 0 Å². The van der Waals surface area contributed by atoms with Crippen molar-refractivity contribution in [2.75, 3.05) is 4.90 Å². The van der Waals surface area contributed by atoms with Gasteiger partial charge in [0.25, 0.3) is 0 Å². The fraction of sp³-hybridized carbons (Fsp3) is 0.296. The first kappa shape index (κ1) is 26.0. The lowest BCUT2D eigenvalue weighted by molar-refractivity contribution is 0.0697. The highest BCUT2D eigenvalue weighted by molar-refractivity contribution is 5.98. The quantitative estimate of drug-likeness (QED) is 0.372. The predicted octanol–water partition coefficient (Wildman–Crippen LogP) is 4.62. The third kappa shape index (κ3) is 4.62. The summed E-state index contributed by atoms with van der Waals surface area (Å²) in [4.78, 5) is 40.6. The number of benzene rings is 2. The number of aryl methyl sites for hydroxylation is 2. The molecule has 0 atom stereocenters. The number of aromatic nitrogens is 5. The van der Waals surface area contributed by atoms with Crippen LogP contribution in [0.1, 0.15) is 53.8 Å². The molecule has 0 unspecified atom stereocenters. The predicted molar refractivity (Wildman–Crippen MR) is 138 cm³/mol. The van der Waals surface area contributed by atoms with Gasteiger partial charge in [0.1, 0.15) is 5.69 Å². The molecule has 10 nitrogen and oxygen atoms in total. The number of hydrogen-bond donors (Lipinski definition) is 1. The first-order chi connectivity index (χ1) is 18.7. The molecule has 202 valence electrons. The van der Waals surface area contributed by atoms with Gasteiger partial charge < -0.3 is 9.67 Å². The number of tetrazole rings is 1. The number of rotatable bonds is 5. The highest BCUT2D eigenvalue weighted by Gasteiger charge is 2.32. The normalized spacial score (nSPS) is 13.9. The van der Waals surface area contributed by atoms with E-state index in [0.717, 1.165) is 48.8 Å². The summed E-state index contributed by atoms with van der Waals surface area (Å²) in [5, 5.41) is 17.3. The van der Waals surface area contributed by atoms with E-state index >= 15 is 0 Å². The lowest BCUT2D eigenvalue weighted by Gasteiger charge is -2.34. The van der Waals surface area contributed by atoms with Crippen molar-refractivity contribution >= 4 is 17.7 Å². The number of anilines is 1. The van der Waals surface area contributed by atoms with E-state index < -0.39 is 35.0 Å². The maximum atomic E-state index is 14.3. The highest BCUT2D eigenvalue weighted by atomic mass is 19.1. The molecule has 39 heavy (non-hydrogen) atoms. The van der Waals surface area contributed by atoms with Crippen molar-refractivity contribution in [3.05, 3.63) is 87.6 Å². The molecule has 0 radical (unpaired) electrons. The average Bonchev–Trinajstić information content (AvgIpc) is 3.45. The van der Waals surface area contributed by atoms with Crippen molar-refractivity contribution < 1.29 is 23.5 Å². The van der Waals surface area contributed by atoms with Crippen molar-refractivity contribution in [1.82, 2.24) is 24.4 Å². The van der Waals surface area contributed by atoms with E-state index in [1.54, 1.807) is 16.7 Å². The van der Waals surface area contributed by atoms with Gasteiger partial charge in [-0.3, -0.25) is 4.90 Å². The Labute approximate surface area is 221 Å². The van der Waals surface area contributed by atoms with Gasteiger partial charge >= 0.3 is 17.7 Å². The Morgan fingerprint density at radius 3 is 2.21 bits per heavy atom. The first-order valence-corrected chi connectivity index (χ1v) is 12.5. The number of carboxylic acids is 1. The summed E-state index contributed by atoms with van der Waals surface area (Å²) in [6.07, 6.45) is 3.89. The summed E-state index contributed by atoms with van der Waals surface area (Å²) in [6.45, 7) is 3.72. The third-order valence-electron chi connectivity index (χ3n) is 7.06. The van der Waals surface area contributed by atoms with Gasteiger partial charge in [-0.15, -0.1) is 4.68 Å². The standard InChI is InChI=1S/C27H26F2N6O4/c1-16-11-12-17(2)32(16)23-14-13-19(15-20(23)25(36)37)33(18-7-4-3-5-8-18)26(38)35-27(39)34(30-31-35)24-21(28)9-6-10-22(24)29/h6,9-15,18H,3-5,7-8H2,1-2H3,(H,36,37). The fourth-order valence-electron chi connectivity index (χ4n) is 5.21. The summed E-state index contributed by atoms with van der Waals surface area (Å²) in [5.74, 6) is -3.27. The molecule has 0 saturated heterocycles. The van der Waals surface area contributed by atoms with Crippen LogP contribution in [0.3, 0.4) is 0 Å². The minimum atomic E-state index is -1.19. The van der Waals surface area contributed by atoms with E-state index in [9.17, 15) is 28.3 Å². The molecular weight excluding hydrogens is 510 g/mol. The molecule has 5 rings (SSSR count). The van der Waals surface area contributed by atoms with Crippen LogP contribution in [0.2, 0.25) is 0 Å². The molecule has 1 amide bonds. The Kier molecular flexibility index (Phi) is 6.85. The zero-order valence-electron chi connectivity index (χ0n) is 21.3. The van der Waals surface area contributed by atoms with Gasteiger partial charge in [0, 0.05) is 23.1 Å². The Morgan fingerprint density at radius 1 is 0.949 bits per heavy atom. The number of aromatic carboxylic acids is 1. The zero-order valence-corrected chi connectivity index (χ0v) is 21.3. The SMILES string of the molecule is Cc1ccc(C)n1-c1ccc(N(C(=O)n2nnn(-c3c(F)cccc3F)c2=O)C2CCCCC2)cc1C(=O)O. The van der Waals surface area contributed by atoms with Gasteiger partial charge in [-0.05, 0) is 79.6 Å². The van der Waals surface area contributed by atoms with Crippen LogP contribution >= 0.6 is 0 Å². The smallest absolute Gasteiger partial charge is 0.377 e. The van der Waals surface area contributed by atoms with Gasteiger partial charge in [0.2, 0.25) is 0 Å². The lowest BCUT2D eigenvalue weighted by atomic mass is 9.93. The zero-order chi connectivity index (χ0) is 27.8. The molecule has 1 fully saturated rings. The summed E-state index contributed by atoms with van der Waals surface area (Å²) in [5.41, 5.74) is 0.430. The monoisotopic (exact) mass is 536 g/mol. The molecule has 1 N–H and O–H groups in total. The van der Waals surface area contributed by atoms with E-state index in [1.165, 1.54) is 11.0 Å². The topological polar surface area (TPSA) is 115 Å². The largest absolute Gasteiger partial charge is 0.478 e. The molecule has 1 aliphatic rings. The molecule has 1 aliphatic carbocycles. The Balaban J connectivity index is 1.62. The second-order valence-electron chi connectivity index (χ2n) is 9.56. The van der Waals surface area contributed by atoms with Crippen LogP contribution in [-0.4, -0.2) is 47.5 Å². The molecular formula is C27H26F2N6O4. The summed E-state index contributed by atoms with van der Waals surface area (Å²) < 4.78 is 31.3. The van der Waals surface area contributed by atoms with Crippen molar-refractivity contribution in [2.24, 2.45) is 0 Å². The second-order valence-corrected chi connectivity index (χ2v) is 9.56. The second kappa shape index (κ2) is 10.3. The maximum absolute atomic E-state index is 14.3. The molecule has 0 spiro atoms. The van der Waals surface area contributed by atoms with Gasteiger partial charge in [-0.1, -0.05) is 25.3 Å². The number of carbonyl (C=O) groups excluding carboxylic acids is 1. The highest BCUT2D eigenvalue weighted by Crippen LogP contribution is 2.31. The van der Waals surface area contributed by atoms with Gasteiger partial charge in [-0.2, -0.15) is 4.68 Å². The van der Waals surface area contributed by atoms with Crippen molar-refractivity contribution in [3.8, 4) is 11.4 Å². The molecule has 1 saturated carbocycles. The molecule has 0 aliphatic heterocycles. The van der Waals surface area contributed by atoms with E-state index in [1.807, 2.05) is 26.0 Å². The van der Waals surface area contributed by atoms with E-state index in [2.05, 4.69) is 10.4 Å². The van der Waals surface area contributed by atoms with Crippen LogP contribution in [0, 0.1) is 25.5 Å². The van der Waals surface area contributed by atoms with Crippen molar-refractivity contribution in [1.29, 1.82) is 0 Å². The minimum Gasteiger partial charge on any atom is -0.478 e. The third-order valence-corrected chi connectivity index (χ3v) is 7.06. The van der Waals surface area contributed by atoms with Gasteiger partial charge in [0.15, 0.2) is 11.6 Å². The average molecular weight is 537 g/mol. The van der Waals surface area contributed by atoms with Crippen LogP contribution in [0.25, 0.3) is 11.4 Å². The molecule has 2 aromatic carbocycles. The van der Waals surface area contributed by atoms with Crippen LogP contribution in [-0.2, 0) is 0 Å². The lowest BCUT2D eigenvalue weighted by Crippen LogP contribution is -2.47. The number of carbonyl (C=O) groups is 2. The Bertz CT molecular complexity index is 1590. The maximum Gasteiger partial charge on any atom is 0.377 e. The number of carboxylic acid groups (broad SMARTS) is 1.